The first-order chi connectivity index (χ1) is 7.78. The van der Waals surface area contributed by atoms with Crippen LogP contribution in [0.15, 0.2) is 12.5 Å². The molecule has 1 aliphatic heterocycles. The van der Waals surface area contributed by atoms with Gasteiger partial charge in [-0.25, -0.2) is 0 Å². The Kier molecular flexibility index (Phi) is 4.40. The fourth-order valence-electron chi connectivity index (χ4n) is 1.79. The highest BCUT2D eigenvalue weighted by molar-refractivity contribution is 5.75. The standard InChI is InChI=1S/C12H23N3O2/c1-10(17-12(2,3)4)15-7-5-14(6-8-15)9-11(13)16/h1,5-9H2,2-4H3,(H2,13,16). The van der Waals surface area contributed by atoms with Gasteiger partial charge in [0.2, 0.25) is 5.91 Å². The molecule has 0 unspecified atom stereocenters. The number of nitrogens with two attached hydrogens (primary N) is 1. The maximum absolute atomic E-state index is 10.8. The van der Waals surface area contributed by atoms with E-state index in [-0.39, 0.29) is 11.5 Å². The van der Waals surface area contributed by atoms with E-state index in [2.05, 4.69) is 11.5 Å². The first-order valence-electron chi connectivity index (χ1n) is 5.91. The van der Waals surface area contributed by atoms with E-state index in [1.807, 2.05) is 25.7 Å². The van der Waals surface area contributed by atoms with Crippen LogP contribution in [0.4, 0.5) is 0 Å². The highest BCUT2D eigenvalue weighted by Gasteiger charge is 2.22. The molecule has 0 bridgehead atoms. The van der Waals surface area contributed by atoms with Crippen LogP contribution in [0.1, 0.15) is 20.8 Å². The van der Waals surface area contributed by atoms with Crippen LogP contribution in [-0.2, 0) is 9.53 Å². The van der Waals surface area contributed by atoms with E-state index in [1.165, 1.54) is 0 Å². The van der Waals surface area contributed by atoms with Crippen LogP contribution in [0.3, 0.4) is 0 Å². The largest absolute Gasteiger partial charge is 0.474 e. The molecular weight excluding hydrogens is 218 g/mol. The average molecular weight is 241 g/mol. The van der Waals surface area contributed by atoms with E-state index in [1.54, 1.807) is 0 Å². The lowest BCUT2D eigenvalue weighted by atomic mass is 10.2. The molecule has 5 heteroatoms. The lowest BCUT2D eigenvalue weighted by Gasteiger charge is -2.37. The third kappa shape index (κ3) is 5.08. The quantitative estimate of drug-likeness (QED) is 0.723. The van der Waals surface area contributed by atoms with Crippen LogP contribution in [-0.4, -0.2) is 54.0 Å². The Hall–Kier alpha value is -1.23. The molecule has 0 aliphatic carbocycles. The summed E-state index contributed by atoms with van der Waals surface area (Å²) in [5.74, 6) is 0.430. The van der Waals surface area contributed by atoms with Crippen molar-refractivity contribution < 1.29 is 9.53 Å². The van der Waals surface area contributed by atoms with Gasteiger partial charge in [0.15, 0.2) is 5.88 Å². The van der Waals surface area contributed by atoms with Gasteiger partial charge in [0, 0.05) is 26.2 Å². The van der Waals surface area contributed by atoms with Gasteiger partial charge in [0.1, 0.15) is 5.60 Å². The van der Waals surface area contributed by atoms with Gasteiger partial charge >= 0.3 is 0 Å². The Morgan fingerprint density at radius 1 is 1.29 bits per heavy atom. The van der Waals surface area contributed by atoms with Crippen molar-refractivity contribution in [1.29, 1.82) is 0 Å². The van der Waals surface area contributed by atoms with Gasteiger partial charge in [-0.1, -0.05) is 0 Å². The summed E-state index contributed by atoms with van der Waals surface area (Å²) in [5.41, 5.74) is 4.94. The minimum absolute atomic E-state index is 0.221. The zero-order chi connectivity index (χ0) is 13.1. The minimum Gasteiger partial charge on any atom is -0.474 e. The van der Waals surface area contributed by atoms with Gasteiger partial charge in [0.05, 0.1) is 6.54 Å². The second-order valence-electron chi connectivity index (χ2n) is 5.34. The number of rotatable bonds is 4. The van der Waals surface area contributed by atoms with Crippen molar-refractivity contribution in [3.8, 4) is 0 Å². The van der Waals surface area contributed by atoms with Crippen molar-refractivity contribution in [3.63, 3.8) is 0 Å². The summed E-state index contributed by atoms with van der Waals surface area (Å²) >= 11 is 0. The van der Waals surface area contributed by atoms with Crippen LogP contribution in [0.25, 0.3) is 0 Å². The topological polar surface area (TPSA) is 58.8 Å². The summed E-state index contributed by atoms with van der Waals surface area (Å²) in [4.78, 5) is 14.9. The third-order valence-corrected chi connectivity index (χ3v) is 2.53. The minimum atomic E-state index is -0.275. The van der Waals surface area contributed by atoms with Crippen molar-refractivity contribution in [2.45, 2.75) is 26.4 Å². The molecule has 98 valence electrons. The lowest BCUT2D eigenvalue weighted by molar-refractivity contribution is -0.119. The number of hydrogen-bond donors (Lipinski definition) is 1. The molecule has 1 heterocycles. The number of hydrogen-bond acceptors (Lipinski definition) is 4. The Morgan fingerprint density at radius 3 is 2.24 bits per heavy atom. The maximum Gasteiger partial charge on any atom is 0.231 e. The van der Waals surface area contributed by atoms with Gasteiger partial charge in [0.25, 0.3) is 0 Å². The molecule has 1 amide bonds. The molecule has 0 aromatic heterocycles. The van der Waals surface area contributed by atoms with Crippen LogP contribution >= 0.6 is 0 Å². The third-order valence-electron chi connectivity index (χ3n) is 2.53. The maximum atomic E-state index is 10.8. The highest BCUT2D eigenvalue weighted by Crippen LogP contribution is 2.16. The van der Waals surface area contributed by atoms with E-state index in [0.717, 1.165) is 26.2 Å². The smallest absolute Gasteiger partial charge is 0.231 e. The van der Waals surface area contributed by atoms with E-state index >= 15 is 0 Å². The molecule has 17 heavy (non-hydrogen) atoms. The Morgan fingerprint density at radius 2 is 1.82 bits per heavy atom. The summed E-state index contributed by atoms with van der Waals surface area (Å²) in [6.07, 6.45) is 0. The molecule has 1 fully saturated rings. The van der Waals surface area contributed by atoms with Gasteiger partial charge in [-0.3, -0.25) is 9.69 Å². The van der Waals surface area contributed by atoms with E-state index in [4.69, 9.17) is 10.5 Å². The molecule has 0 aromatic carbocycles. The first kappa shape index (κ1) is 13.8. The Labute approximate surface area is 103 Å². The molecule has 0 atom stereocenters. The number of carbonyl (C=O) groups excluding carboxylic acids is 1. The Balaban J connectivity index is 2.36. The number of amides is 1. The average Bonchev–Trinajstić information content (AvgIpc) is 2.15. The molecule has 1 aliphatic rings. The number of nitrogens with zero attached hydrogens (tertiary/aromatic N) is 2. The Bertz CT molecular complexity index is 289. The van der Waals surface area contributed by atoms with Crippen molar-refractivity contribution in [2.24, 2.45) is 5.73 Å². The zero-order valence-electron chi connectivity index (χ0n) is 11.0. The van der Waals surface area contributed by atoms with Crippen LogP contribution in [0.5, 0.6) is 0 Å². The molecule has 1 rings (SSSR count). The molecule has 0 aromatic rings. The molecule has 0 spiro atoms. The summed E-state index contributed by atoms with van der Waals surface area (Å²) in [6, 6.07) is 0. The van der Waals surface area contributed by atoms with Gasteiger partial charge in [-0.15, -0.1) is 0 Å². The molecule has 2 N–H and O–H groups in total. The second-order valence-corrected chi connectivity index (χ2v) is 5.34. The van der Waals surface area contributed by atoms with Gasteiger partial charge < -0.3 is 15.4 Å². The lowest BCUT2D eigenvalue weighted by Crippen LogP contribution is -2.49. The molecule has 5 nitrogen and oxygen atoms in total. The van der Waals surface area contributed by atoms with Crippen LogP contribution in [0.2, 0.25) is 0 Å². The fourth-order valence-corrected chi connectivity index (χ4v) is 1.79. The summed E-state index contributed by atoms with van der Waals surface area (Å²) in [7, 11) is 0. The van der Waals surface area contributed by atoms with E-state index in [0.29, 0.717) is 12.4 Å². The molecule has 1 saturated heterocycles. The summed E-state index contributed by atoms with van der Waals surface area (Å²) < 4.78 is 5.71. The molecular formula is C12H23N3O2. The number of primary amides is 1. The molecule has 0 radical (unpaired) electrons. The van der Waals surface area contributed by atoms with Crippen molar-refractivity contribution in [1.82, 2.24) is 9.80 Å². The van der Waals surface area contributed by atoms with Crippen LogP contribution < -0.4 is 5.73 Å². The van der Waals surface area contributed by atoms with Crippen molar-refractivity contribution >= 4 is 5.91 Å². The normalized spacial score (nSPS) is 17.9. The van der Waals surface area contributed by atoms with Gasteiger partial charge in [-0.2, -0.15) is 0 Å². The molecule has 0 saturated carbocycles. The summed E-state index contributed by atoms with van der Waals surface area (Å²) in [6.45, 7) is 13.6. The fraction of sp³-hybridized carbons (Fsp3) is 0.750. The second kappa shape index (κ2) is 5.40. The van der Waals surface area contributed by atoms with E-state index < -0.39 is 0 Å². The van der Waals surface area contributed by atoms with Crippen molar-refractivity contribution in [3.05, 3.63) is 12.5 Å². The predicted octanol–water partition coefficient (Wildman–Crippen LogP) is 0.376. The predicted molar refractivity (Wildman–Crippen MR) is 67.2 cm³/mol. The number of ether oxygens (including phenoxy) is 1. The SMILES string of the molecule is C=C(OC(C)(C)C)N1CCN(CC(N)=O)CC1. The number of carbonyl (C=O) groups is 1. The first-order valence-corrected chi connectivity index (χ1v) is 5.91. The van der Waals surface area contributed by atoms with Crippen LogP contribution in [0, 0.1) is 0 Å². The monoisotopic (exact) mass is 241 g/mol. The zero-order valence-corrected chi connectivity index (χ0v) is 11.0. The van der Waals surface area contributed by atoms with E-state index in [9.17, 15) is 4.79 Å². The van der Waals surface area contributed by atoms with Gasteiger partial charge in [-0.05, 0) is 27.4 Å². The summed E-state index contributed by atoms with van der Waals surface area (Å²) in [5, 5.41) is 0. The highest BCUT2D eigenvalue weighted by atomic mass is 16.5. The number of piperazine rings is 1. The van der Waals surface area contributed by atoms with Crippen molar-refractivity contribution in [2.75, 3.05) is 32.7 Å².